The average Bonchev–Trinajstić information content (AvgIpc) is 2.40. The van der Waals surface area contributed by atoms with E-state index in [-0.39, 0.29) is 33.9 Å². The van der Waals surface area contributed by atoms with E-state index in [1.54, 1.807) is 0 Å². The molecular weight excluding hydrogens is 310 g/mol. The Labute approximate surface area is 122 Å². The van der Waals surface area contributed by atoms with Crippen LogP contribution < -0.4 is 5.32 Å². The van der Waals surface area contributed by atoms with Gasteiger partial charge in [0.1, 0.15) is 16.7 Å². The van der Waals surface area contributed by atoms with Gasteiger partial charge < -0.3 is 5.32 Å². The van der Waals surface area contributed by atoms with Crippen LogP contribution in [0, 0.1) is 15.9 Å². The molecule has 0 unspecified atom stereocenters. The first-order valence-electron chi connectivity index (χ1n) is 5.32. The van der Waals surface area contributed by atoms with Gasteiger partial charge in [0, 0.05) is 6.07 Å². The number of hydrogen-bond donors (Lipinski definition) is 1. The number of halogens is 3. The molecule has 0 amide bonds. The summed E-state index contributed by atoms with van der Waals surface area (Å²) in [5, 5.41) is 13.7. The number of rotatable bonds is 4. The van der Waals surface area contributed by atoms with Gasteiger partial charge in [-0.05, 0) is 17.7 Å². The van der Waals surface area contributed by atoms with Crippen LogP contribution in [-0.4, -0.2) is 14.9 Å². The summed E-state index contributed by atoms with van der Waals surface area (Å²) in [7, 11) is 0. The highest BCUT2D eigenvalue weighted by Gasteiger charge is 2.18. The highest BCUT2D eigenvalue weighted by Crippen LogP contribution is 2.24. The number of aromatic nitrogens is 2. The van der Waals surface area contributed by atoms with Gasteiger partial charge in [-0.2, -0.15) is 4.98 Å². The van der Waals surface area contributed by atoms with Gasteiger partial charge in [-0.25, -0.2) is 9.37 Å². The summed E-state index contributed by atoms with van der Waals surface area (Å²) in [6, 6.07) is 3.62. The topological polar surface area (TPSA) is 81.0 Å². The van der Waals surface area contributed by atoms with E-state index in [0.29, 0.717) is 0 Å². The first kappa shape index (κ1) is 14.4. The fourth-order valence-electron chi connectivity index (χ4n) is 1.54. The van der Waals surface area contributed by atoms with Crippen molar-refractivity contribution in [3.05, 3.63) is 56.2 Å². The van der Waals surface area contributed by atoms with Crippen LogP contribution in [0.25, 0.3) is 0 Å². The summed E-state index contributed by atoms with van der Waals surface area (Å²) in [6.45, 7) is -0.157. The van der Waals surface area contributed by atoms with Crippen molar-refractivity contribution in [3.8, 4) is 0 Å². The summed E-state index contributed by atoms with van der Waals surface area (Å²) < 4.78 is 13.7. The Morgan fingerprint density at radius 2 is 2.15 bits per heavy atom. The van der Waals surface area contributed by atoms with Crippen LogP contribution in [-0.2, 0) is 6.54 Å². The summed E-state index contributed by atoms with van der Waals surface area (Å²) in [5.74, 6) is -0.521. The number of nitrogens with zero attached hydrogens (tertiary/aromatic N) is 3. The third-order valence-corrected chi connectivity index (χ3v) is 2.90. The van der Waals surface area contributed by atoms with Gasteiger partial charge in [-0.1, -0.05) is 17.7 Å². The molecule has 1 aromatic carbocycles. The van der Waals surface area contributed by atoms with Crippen LogP contribution in [0.5, 0.6) is 0 Å². The Hall–Kier alpha value is -1.99. The largest absolute Gasteiger partial charge is 0.364 e. The zero-order valence-corrected chi connectivity index (χ0v) is 11.3. The van der Waals surface area contributed by atoms with Crippen LogP contribution in [0.4, 0.5) is 15.9 Å². The van der Waals surface area contributed by atoms with Gasteiger partial charge in [-0.3, -0.25) is 10.1 Å². The number of benzene rings is 1. The monoisotopic (exact) mass is 316 g/mol. The molecule has 2 rings (SSSR count). The lowest BCUT2D eigenvalue weighted by atomic mass is 10.1. The minimum atomic E-state index is -0.692. The van der Waals surface area contributed by atoms with Crippen LogP contribution in [0.15, 0.2) is 24.4 Å². The van der Waals surface area contributed by atoms with Gasteiger partial charge in [-0.15, -0.1) is 0 Å². The highest BCUT2D eigenvalue weighted by atomic mass is 35.5. The maximum atomic E-state index is 13.7. The van der Waals surface area contributed by atoms with Crippen molar-refractivity contribution < 1.29 is 9.31 Å². The second-order valence-electron chi connectivity index (χ2n) is 3.68. The Balaban J connectivity index is 2.27. The molecule has 9 heteroatoms. The zero-order chi connectivity index (χ0) is 14.7. The standard InChI is InChI=1S/C11H7Cl2FN4O2/c12-7-5-16-11(13)17-10(7)15-4-6-8(14)2-1-3-9(6)18(19)20/h1-3,5H,4H2,(H,15,16,17). The molecule has 0 saturated heterocycles. The van der Waals surface area contributed by atoms with E-state index < -0.39 is 10.7 Å². The fourth-order valence-corrected chi connectivity index (χ4v) is 1.83. The second-order valence-corrected chi connectivity index (χ2v) is 4.43. The predicted octanol–water partition coefficient (Wildman–Crippen LogP) is 3.44. The molecule has 2 aromatic rings. The van der Waals surface area contributed by atoms with E-state index in [4.69, 9.17) is 23.2 Å². The molecule has 1 aromatic heterocycles. The van der Waals surface area contributed by atoms with Crippen molar-refractivity contribution >= 4 is 34.7 Å². The number of anilines is 1. The summed E-state index contributed by atoms with van der Waals surface area (Å²) >= 11 is 11.4. The molecule has 0 fully saturated rings. The minimum Gasteiger partial charge on any atom is -0.364 e. The summed E-state index contributed by atoms with van der Waals surface area (Å²) in [6.07, 6.45) is 1.27. The quantitative estimate of drug-likeness (QED) is 0.531. The molecule has 104 valence electrons. The third kappa shape index (κ3) is 3.12. The molecular formula is C11H7Cl2FN4O2. The number of nitrogens with one attached hydrogen (secondary N) is 1. The van der Waals surface area contributed by atoms with Gasteiger partial charge in [0.2, 0.25) is 5.28 Å². The van der Waals surface area contributed by atoms with Crippen LogP contribution in [0.3, 0.4) is 0 Å². The first-order chi connectivity index (χ1) is 9.49. The molecule has 6 nitrogen and oxygen atoms in total. The lowest BCUT2D eigenvalue weighted by Gasteiger charge is -2.08. The lowest BCUT2D eigenvalue weighted by Crippen LogP contribution is -2.07. The van der Waals surface area contributed by atoms with Crippen molar-refractivity contribution in [1.29, 1.82) is 0 Å². The fraction of sp³-hybridized carbons (Fsp3) is 0.0909. The molecule has 0 atom stereocenters. The highest BCUT2D eigenvalue weighted by molar-refractivity contribution is 6.33. The maximum absolute atomic E-state index is 13.7. The molecule has 20 heavy (non-hydrogen) atoms. The van der Waals surface area contributed by atoms with E-state index in [2.05, 4.69) is 15.3 Å². The van der Waals surface area contributed by atoms with Crippen molar-refractivity contribution in [2.75, 3.05) is 5.32 Å². The van der Waals surface area contributed by atoms with Crippen LogP contribution in [0.1, 0.15) is 5.56 Å². The number of nitro groups is 1. The SMILES string of the molecule is O=[N+]([O-])c1cccc(F)c1CNc1nc(Cl)ncc1Cl. The van der Waals surface area contributed by atoms with Crippen molar-refractivity contribution in [3.63, 3.8) is 0 Å². The van der Waals surface area contributed by atoms with Crippen molar-refractivity contribution in [1.82, 2.24) is 9.97 Å². The van der Waals surface area contributed by atoms with Gasteiger partial charge in [0.05, 0.1) is 23.2 Å². The molecule has 0 bridgehead atoms. The van der Waals surface area contributed by atoms with E-state index in [1.807, 2.05) is 0 Å². The molecule has 0 radical (unpaired) electrons. The van der Waals surface area contributed by atoms with E-state index in [1.165, 1.54) is 18.3 Å². The normalized spacial score (nSPS) is 10.3. The predicted molar refractivity (Wildman–Crippen MR) is 72.4 cm³/mol. The van der Waals surface area contributed by atoms with E-state index in [0.717, 1.165) is 6.07 Å². The minimum absolute atomic E-state index is 0.0417. The van der Waals surface area contributed by atoms with Gasteiger partial charge >= 0.3 is 0 Å². The van der Waals surface area contributed by atoms with Gasteiger partial charge in [0.25, 0.3) is 5.69 Å². The zero-order valence-electron chi connectivity index (χ0n) is 9.81. The molecule has 0 saturated carbocycles. The van der Waals surface area contributed by atoms with Crippen LogP contribution in [0.2, 0.25) is 10.3 Å². The van der Waals surface area contributed by atoms with Crippen molar-refractivity contribution in [2.45, 2.75) is 6.54 Å². The second kappa shape index (κ2) is 5.98. The third-order valence-electron chi connectivity index (χ3n) is 2.44. The summed E-state index contributed by atoms with van der Waals surface area (Å²) in [4.78, 5) is 17.7. The molecule has 0 aliphatic rings. The Morgan fingerprint density at radius 3 is 2.85 bits per heavy atom. The molecule has 0 aliphatic carbocycles. The Morgan fingerprint density at radius 1 is 1.40 bits per heavy atom. The first-order valence-corrected chi connectivity index (χ1v) is 6.08. The van der Waals surface area contributed by atoms with Gasteiger partial charge in [0.15, 0.2) is 0 Å². The van der Waals surface area contributed by atoms with E-state index in [9.17, 15) is 14.5 Å². The molecule has 0 spiro atoms. The Bertz CT molecular complexity index is 669. The number of nitro benzene ring substituents is 1. The molecule has 0 aliphatic heterocycles. The number of hydrogen-bond acceptors (Lipinski definition) is 5. The summed E-state index contributed by atoms with van der Waals surface area (Å²) in [5.41, 5.74) is -0.419. The van der Waals surface area contributed by atoms with Crippen LogP contribution >= 0.6 is 23.2 Å². The van der Waals surface area contributed by atoms with E-state index >= 15 is 0 Å². The lowest BCUT2D eigenvalue weighted by molar-refractivity contribution is -0.385. The smallest absolute Gasteiger partial charge is 0.277 e. The molecule has 1 heterocycles. The average molecular weight is 317 g/mol. The maximum Gasteiger partial charge on any atom is 0.277 e. The Kier molecular flexibility index (Phi) is 4.31. The van der Waals surface area contributed by atoms with Crippen molar-refractivity contribution in [2.24, 2.45) is 0 Å². The molecule has 1 N–H and O–H groups in total.